The van der Waals surface area contributed by atoms with Crippen LogP contribution in [0.15, 0.2) is 29.4 Å². The SMILES string of the molecule is CSC(C)C(=O)Nc1ccc(C2=NNC(=O)CC2C)cc1. The van der Waals surface area contributed by atoms with E-state index in [1.54, 1.807) is 0 Å². The maximum absolute atomic E-state index is 11.8. The molecule has 2 atom stereocenters. The molecule has 0 bridgehead atoms. The van der Waals surface area contributed by atoms with Gasteiger partial charge in [0.15, 0.2) is 0 Å². The van der Waals surface area contributed by atoms with E-state index in [0.29, 0.717) is 6.42 Å². The predicted octanol–water partition coefficient (Wildman–Crippen LogP) is 2.24. The molecule has 2 rings (SSSR count). The van der Waals surface area contributed by atoms with Gasteiger partial charge in [0.1, 0.15) is 0 Å². The van der Waals surface area contributed by atoms with Crippen molar-refractivity contribution in [2.24, 2.45) is 11.0 Å². The number of benzene rings is 1. The predicted molar refractivity (Wildman–Crippen MR) is 86.5 cm³/mol. The Morgan fingerprint density at radius 3 is 2.67 bits per heavy atom. The van der Waals surface area contributed by atoms with Crippen LogP contribution in [0.2, 0.25) is 0 Å². The van der Waals surface area contributed by atoms with Crippen LogP contribution in [0.4, 0.5) is 5.69 Å². The van der Waals surface area contributed by atoms with Crippen LogP contribution in [0.1, 0.15) is 25.8 Å². The fourth-order valence-electron chi connectivity index (χ4n) is 2.08. The van der Waals surface area contributed by atoms with Crippen molar-refractivity contribution in [2.45, 2.75) is 25.5 Å². The monoisotopic (exact) mass is 305 g/mol. The molecule has 2 amide bonds. The van der Waals surface area contributed by atoms with Crippen molar-refractivity contribution >= 4 is 35.0 Å². The van der Waals surface area contributed by atoms with Gasteiger partial charge in [-0.25, -0.2) is 5.43 Å². The number of hydrogen-bond donors (Lipinski definition) is 2. The first-order valence-corrected chi connectivity index (χ1v) is 8.10. The summed E-state index contributed by atoms with van der Waals surface area (Å²) in [6.45, 7) is 3.85. The first-order chi connectivity index (χ1) is 10.0. The molecule has 1 aromatic rings. The average Bonchev–Trinajstić information content (AvgIpc) is 2.47. The topological polar surface area (TPSA) is 70.6 Å². The molecule has 0 saturated heterocycles. The number of amides is 2. The van der Waals surface area contributed by atoms with Gasteiger partial charge in [0, 0.05) is 18.0 Å². The van der Waals surface area contributed by atoms with Gasteiger partial charge in [0.25, 0.3) is 0 Å². The molecular formula is C15H19N3O2S. The van der Waals surface area contributed by atoms with Crippen LogP contribution in [0.25, 0.3) is 0 Å². The van der Waals surface area contributed by atoms with E-state index in [1.807, 2.05) is 44.4 Å². The van der Waals surface area contributed by atoms with Gasteiger partial charge in [-0.2, -0.15) is 16.9 Å². The second-order valence-corrected chi connectivity index (χ2v) is 6.26. The van der Waals surface area contributed by atoms with Gasteiger partial charge >= 0.3 is 0 Å². The van der Waals surface area contributed by atoms with E-state index in [0.717, 1.165) is 17.0 Å². The van der Waals surface area contributed by atoms with Crippen molar-refractivity contribution in [3.8, 4) is 0 Å². The second-order valence-electron chi connectivity index (χ2n) is 5.08. The average molecular weight is 305 g/mol. The molecule has 1 aliphatic heterocycles. The Morgan fingerprint density at radius 1 is 1.43 bits per heavy atom. The minimum Gasteiger partial charge on any atom is -0.325 e. The van der Waals surface area contributed by atoms with Crippen molar-refractivity contribution in [3.05, 3.63) is 29.8 Å². The Kier molecular flexibility index (Phi) is 5.01. The number of thioether (sulfide) groups is 1. The third-order valence-electron chi connectivity index (χ3n) is 3.43. The fourth-order valence-corrected chi connectivity index (χ4v) is 2.35. The number of carbonyl (C=O) groups excluding carboxylic acids is 2. The van der Waals surface area contributed by atoms with E-state index >= 15 is 0 Å². The van der Waals surface area contributed by atoms with E-state index in [9.17, 15) is 9.59 Å². The first-order valence-electron chi connectivity index (χ1n) is 6.81. The van der Waals surface area contributed by atoms with E-state index in [1.165, 1.54) is 11.8 Å². The summed E-state index contributed by atoms with van der Waals surface area (Å²) in [5.41, 5.74) is 5.09. The number of nitrogens with zero attached hydrogens (tertiary/aromatic N) is 1. The summed E-state index contributed by atoms with van der Waals surface area (Å²) in [5, 5.41) is 6.91. The molecule has 0 fully saturated rings. The molecule has 1 aliphatic rings. The van der Waals surface area contributed by atoms with Crippen molar-refractivity contribution in [2.75, 3.05) is 11.6 Å². The van der Waals surface area contributed by atoms with E-state index < -0.39 is 0 Å². The van der Waals surface area contributed by atoms with Gasteiger partial charge < -0.3 is 5.32 Å². The van der Waals surface area contributed by atoms with Crippen LogP contribution in [-0.2, 0) is 9.59 Å². The van der Waals surface area contributed by atoms with Gasteiger partial charge in [-0.1, -0.05) is 19.1 Å². The van der Waals surface area contributed by atoms with E-state index in [-0.39, 0.29) is 23.0 Å². The summed E-state index contributed by atoms with van der Waals surface area (Å²) in [6, 6.07) is 7.52. The third kappa shape index (κ3) is 3.85. The first kappa shape index (κ1) is 15.6. The normalized spacial score (nSPS) is 19.5. The summed E-state index contributed by atoms with van der Waals surface area (Å²) >= 11 is 1.51. The Balaban J connectivity index is 2.09. The van der Waals surface area contributed by atoms with Crippen LogP contribution in [0.5, 0.6) is 0 Å². The molecule has 112 valence electrons. The maximum atomic E-state index is 11.8. The summed E-state index contributed by atoms with van der Waals surface area (Å²) in [7, 11) is 0. The largest absolute Gasteiger partial charge is 0.325 e. The highest BCUT2D eigenvalue weighted by Crippen LogP contribution is 2.19. The van der Waals surface area contributed by atoms with Crippen molar-refractivity contribution < 1.29 is 9.59 Å². The molecule has 0 aliphatic carbocycles. The highest BCUT2D eigenvalue weighted by Gasteiger charge is 2.21. The van der Waals surface area contributed by atoms with Gasteiger partial charge in [0.2, 0.25) is 11.8 Å². The fraction of sp³-hybridized carbons (Fsp3) is 0.400. The van der Waals surface area contributed by atoms with Crippen LogP contribution in [0, 0.1) is 5.92 Å². The molecule has 2 unspecified atom stereocenters. The van der Waals surface area contributed by atoms with E-state index in [2.05, 4.69) is 15.8 Å². The lowest BCUT2D eigenvalue weighted by Crippen LogP contribution is -2.31. The lowest BCUT2D eigenvalue weighted by atomic mass is 9.94. The third-order valence-corrected chi connectivity index (χ3v) is 4.35. The van der Waals surface area contributed by atoms with Crippen molar-refractivity contribution in [3.63, 3.8) is 0 Å². The molecule has 0 aromatic heterocycles. The standard InChI is InChI=1S/C15H19N3O2S/c1-9-8-13(19)17-18-14(9)11-4-6-12(7-5-11)16-15(20)10(2)21-3/h4-7,9-10H,8H2,1-3H3,(H,16,20)(H,17,19). The minimum absolute atomic E-state index is 0.00844. The van der Waals surface area contributed by atoms with Crippen LogP contribution >= 0.6 is 11.8 Å². The summed E-state index contributed by atoms with van der Waals surface area (Å²) in [4.78, 5) is 23.1. The van der Waals surface area contributed by atoms with Crippen molar-refractivity contribution in [1.82, 2.24) is 5.43 Å². The highest BCUT2D eigenvalue weighted by molar-refractivity contribution is 7.99. The molecule has 1 aromatic carbocycles. The quantitative estimate of drug-likeness (QED) is 0.896. The molecule has 1 heterocycles. The Labute approximate surface area is 128 Å². The summed E-state index contributed by atoms with van der Waals surface area (Å²) < 4.78 is 0. The lowest BCUT2D eigenvalue weighted by Gasteiger charge is -2.19. The molecule has 5 nitrogen and oxygen atoms in total. The number of carbonyl (C=O) groups is 2. The second kappa shape index (κ2) is 6.76. The minimum atomic E-state index is -0.0809. The number of anilines is 1. The van der Waals surface area contributed by atoms with Gasteiger partial charge in [-0.05, 0) is 30.9 Å². The molecule has 21 heavy (non-hydrogen) atoms. The number of rotatable bonds is 4. The maximum Gasteiger partial charge on any atom is 0.240 e. The van der Waals surface area contributed by atoms with Crippen LogP contribution in [0.3, 0.4) is 0 Å². The summed E-state index contributed by atoms with van der Waals surface area (Å²) in [5.74, 6) is 0.0304. The molecular weight excluding hydrogens is 286 g/mol. The zero-order valence-electron chi connectivity index (χ0n) is 12.3. The Morgan fingerprint density at radius 2 is 2.10 bits per heavy atom. The van der Waals surface area contributed by atoms with Gasteiger partial charge in [0.05, 0.1) is 11.0 Å². The number of hydrazone groups is 1. The molecule has 0 saturated carbocycles. The van der Waals surface area contributed by atoms with Gasteiger partial charge in [-0.15, -0.1) is 0 Å². The molecule has 6 heteroatoms. The van der Waals surface area contributed by atoms with Crippen molar-refractivity contribution in [1.29, 1.82) is 0 Å². The zero-order chi connectivity index (χ0) is 15.4. The molecule has 0 spiro atoms. The lowest BCUT2D eigenvalue weighted by molar-refractivity contribution is -0.122. The van der Waals surface area contributed by atoms with Crippen LogP contribution < -0.4 is 10.7 Å². The smallest absolute Gasteiger partial charge is 0.240 e. The van der Waals surface area contributed by atoms with Crippen LogP contribution in [-0.4, -0.2) is 29.0 Å². The highest BCUT2D eigenvalue weighted by atomic mass is 32.2. The van der Waals surface area contributed by atoms with E-state index in [4.69, 9.17) is 0 Å². The zero-order valence-corrected chi connectivity index (χ0v) is 13.2. The summed E-state index contributed by atoms with van der Waals surface area (Å²) in [6.07, 6.45) is 2.35. The van der Waals surface area contributed by atoms with Gasteiger partial charge in [-0.3, -0.25) is 9.59 Å². The molecule has 0 radical (unpaired) electrons. The Hall–Kier alpha value is -1.82. The molecule has 2 N–H and O–H groups in total. The number of nitrogens with one attached hydrogen (secondary N) is 2. The Bertz CT molecular complexity index is 569. The number of hydrogen-bond acceptors (Lipinski definition) is 4.